The van der Waals surface area contributed by atoms with Gasteiger partial charge in [0.1, 0.15) is 0 Å². The fraction of sp³-hybridized carbons (Fsp3) is 0.500. The molecule has 0 saturated carbocycles. The zero-order valence-corrected chi connectivity index (χ0v) is 19.1. The van der Waals surface area contributed by atoms with Crippen molar-refractivity contribution >= 4 is 27.7 Å². The summed E-state index contributed by atoms with van der Waals surface area (Å²) in [6.07, 6.45) is 6.72. The lowest BCUT2D eigenvalue weighted by Crippen LogP contribution is -2.44. The minimum atomic E-state index is -3.43. The molecule has 0 radical (unpaired) electrons. The Balaban J connectivity index is 1.44. The molecule has 1 aromatic carbocycles. The van der Waals surface area contributed by atoms with E-state index in [1.165, 1.54) is 0 Å². The molecule has 168 valence electrons. The average Bonchev–Trinajstić information content (AvgIpc) is 3.43. The molecule has 1 amide bonds. The summed E-state index contributed by atoms with van der Waals surface area (Å²) in [5, 5.41) is 0.660. The van der Waals surface area contributed by atoms with Crippen LogP contribution in [0.25, 0.3) is 0 Å². The van der Waals surface area contributed by atoms with E-state index >= 15 is 0 Å². The number of amides is 1. The number of hydrogen-bond donors (Lipinski definition) is 0. The second-order valence-electron chi connectivity index (χ2n) is 8.15. The number of nitrogens with zero attached hydrogens (tertiary/aromatic N) is 4. The summed E-state index contributed by atoms with van der Waals surface area (Å²) in [5.41, 5.74) is 1.02. The van der Waals surface area contributed by atoms with Crippen LogP contribution >= 0.6 is 11.6 Å². The van der Waals surface area contributed by atoms with Crippen LogP contribution in [0.1, 0.15) is 37.3 Å². The van der Waals surface area contributed by atoms with Crippen LogP contribution in [0.3, 0.4) is 0 Å². The molecule has 1 aromatic heterocycles. The predicted molar refractivity (Wildman–Crippen MR) is 121 cm³/mol. The van der Waals surface area contributed by atoms with Crippen LogP contribution in [0, 0.1) is 0 Å². The monoisotopic (exact) mass is 464 g/mol. The van der Waals surface area contributed by atoms with E-state index in [0.717, 1.165) is 18.4 Å². The van der Waals surface area contributed by atoms with Crippen molar-refractivity contribution in [3.8, 4) is 0 Å². The highest BCUT2D eigenvalue weighted by Gasteiger charge is 2.33. The fourth-order valence-electron chi connectivity index (χ4n) is 4.39. The van der Waals surface area contributed by atoms with Crippen LogP contribution in [-0.2, 0) is 15.0 Å². The summed E-state index contributed by atoms with van der Waals surface area (Å²) in [6, 6.07) is 11.3. The maximum absolute atomic E-state index is 13.2. The first-order valence-corrected chi connectivity index (χ1v) is 12.6. The molecule has 4 rings (SSSR count). The second kappa shape index (κ2) is 9.73. The van der Waals surface area contributed by atoms with Gasteiger partial charge in [0.05, 0.1) is 12.5 Å². The van der Waals surface area contributed by atoms with Crippen molar-refractivity contribution in [3.63, 3.8) is 0 Å². The molecule has 0 bridgehead atoms. The fourth-order valence-corrected chi connectivity index (χ4v) is 6.23. The summed E-state index contributed by atoms with van der Waals surface area (Å²) in [4.78, 5) is 15.0. The van der Waals surface area contributed by atoms with Gasteiger partial charge in [0, 0.05) is 56.7 Å². The maximum Gasteiger partial charge on any atom is 0.282 e. The van der Waals surface area contributed by atoms with Crippen LogP contribution in [0.4, 0.5) is 0 Å². The van der Waals surface area contributed by atoms with Crippen LogP contribution in [0.2, 0.25) is 5.02 Å². The summed E-state index contributed by atoms with van der Waals surface area (Å²) in [7, 11) is -3.43. The summed E-state index contributed by atoms with van der Waals surface area (Å²) in [5.74, 6) is 0.0362. The van der Waals surface area contributed by atoms with Gasteiger partial charge in [-0.3, -0.25) is 4.79 Å². The third-order valence-electron chi connectivity index (χ3n) is 6.14. The van der Waals surface area contributed by atoms with E-state index in [4.69, 9.17) is 11.6 Å². The molecular weight excluding hydrogens is 436 g/mol. The highest BCUT2D eigenvalue weighted by atomic mass is 35.5. The Morgan fingerprint density at radius 1 is 0.871 bits per heavy atom. The SMILES string of the molecule is O=C(CC(c1ccc(Cl)cc1)n1cccc1)N1CCCN(S(=O)(=O)N2CCCC2)CC1. The Morgan fingerprint density at radius 3 is 2.16 bits per heavy atom. The third-order valence-corrected chi connectivity index (χ3v) is 8.42. The molecule has 2 aromatic rings. The molecule has 3 heterocycles. The number of halogens is 1. The van der Waals surface area contributed by atoms with Crippen molar-refractivity contribution in [1.29, 1.82) is 0 Å². The maximum atomic E-state index is 13.2. The van der Waals surface area contributed by atoms with E-state index in [1.54, 1.807) is 8.61 Å². The summed E-state index contributed by atoms with van der Waals surface area (Å²) < 4.78 is 31.0. The minimum Gasteiger partial charge on any atom is -0.346 e. The van der Waals surface area contributed by atoms with Crippen molar-refractivity contribution in [2.75, 3.05) is 39.3 Å². The molecule has 9 heteroatoms. The number of benzene rings is 1. The largest absolute Gasteiger partial charge is 0.346 e. The Kier molecular flexibility index (Phi) is 7.01. The van der Waals surface area contributed by atoms with E-state index in [9.17, 15) is 13.2 Å². The van der Waals surface area contributed by atoms with Crippen molar-refractivity contribution in [2.24, 2.45) is 0 Å². The highest BCUT2D eigenvalue weighted by Crippen LogP contribution is 2.25. The van der Waals surface area contributed by atoms with Gasteiger partial charge in [-0.15, -0.1) is 0 Å². The number of carbonyl (C=O) groups excluding carboxylic acids is 1. The lowest BCUT2D eigenvalue weighted by molar-refractivity contribution is -0.131. The molecule has 2 fully saturated rings. The van der Waals surface area contributed by atoms with Crippen LogP contribution < -0.4 is 0 Å². The van der Waals surface area contributed by atoms with Crippen LogP contribution in [0.15, 0.2) is 48.8 Å². The first kappa shape index (κ1) is 22.3. The molecular formula is C22H29ClN4O3S. The molecule has 0 N–H and O–H groups in total. The summed E-state index contributed by atoms with van der Waals surface area (Å²) >= 11 is 6.05. The van der Waals surface area contributed by atoms with Gasteiger partial charge in [0.15, 0.2) is 0 Å². The van der Waals surface area contributed by atoms with Gasteiger partial charge < -0.3 is 9.47 Å². The normalized spacial score (nSPS) is 20.0. The quantitative estimate of drug-likeness (QED) is 0.660. The zero-order valence-electron chi connectivity index (χ0n) is 17.6. The Labute approximate surface area is 189 Å². The van der Waals surface area contributed by atoms with E-state index in [-0.39, 0.29) is 11.9 Å². The Morgan fingerprint density at radius 2 is 1.48 bits per heavy atom. The second-order valence-corrected chi connectivity index (χ2v) is 10.5. The van der Waals surface area contributed by atoms with Gasteiger partial charge in [-0.1, -0.05) is 23.7 Å². The van der Waals surface area contributed by atoms with E-state index < -0.39 is 10.2 Å². The topological polar surface area (TPSA) is 65.9 Å². The van der Waals surface area contributed by atoms with Gasteiger partial charge in [0.25, 0.3) is 10.2 Å². The number of rotatable bonds is 6. The molecule has 2 aliphatic heterocycles. The molecule has 0 spiro atoms. The van der Waals surface area contributed by atoms with Crippen LogP contribution in [0.5, 0.6) is 0 Å². The van der Waals surface area contributed by atoms with Gasteiger partial charge in [-0.25, -0.2) is 0 Å². The van der Waals surface area contributed by atoms with Crippen LogP contribution in [-0.4, -0.2) is 71.7 Å². The molecule has 7 nitrogen and oxygen atoms in total. The van der Waals surface area contributed by atoms with Crippen molar-refractivity contribution in [1.82, 2.24) is 18.1 Å². The molecule has 2 saturated heterocycles. The van der Waals surface area contributed by atoms with Crippen molar-refractivity contribution in [2.45, 2.75) is 31.7 Å². The van der Waals surface area contributed by atoms with Crippen molar-refractivity contribution in [3.05, 3.63) is 59.4 Å². The third kappa shape index (κ3) is 5.14. The highest BCUT2D eigenvalue weighted by molar-refractivity contribution is 7.86. The molecule has 2 aliphatic rings. The van der Waals surface area contributed by atoms with Gasteiger partial charge in [-0.05, 0) is 49.1 Å². The Hall–Kier alpha value is -1.87. The van der Waals surface area contributed by atoms with Crippen molar-refractivity contribution < 1.29 is 13.2 Å². The standard InChI is InChI=1S/C22H29ClN4O3S/c23-20-8-6-19(7-9-20)21(24-10-1-2-11-24)18-22(28)25-12-5-15-27(17-16-25)31(29,30)26-13-3-4-14-26/h1-2,6-11,21H,3-5,12-18H2. The lowest BCUT2D eigenvalue weighted by atomic mass is 10.0. The van der Waals surface area contributed by atoms with E-state index in [2.05, 4.69) is 0 Å². The Bertz CT molecular complexity index is 973. The zero-order chi connectivity index (χ0) is 21.8. The van der Waals surface area contributed by atoms with Gasteiger partial charge in [-0.2, -0.15) is 17.0 Å². The number of aromatic nitrogens is 1. The molecule has 1 unspecified atom stereocenters. The lowest BCUT2D eigenvalue weighted by Gasteiger charge is -2.27. The van der Waals surface area contributed by atoms with E-state index in [1.807, 2.05) is 58.3 Å². The first-order chi connectivity index (χ1) is 14.9. The van der Waals surface area contributed by atoms with E-state index in [0.29, 0.717) is 57.1 Å². The molecule has 31 heavy (non-hydrogen) atoms. The average molecular weight is 465 g/mol. The first-order valence-electron chi connectivity index (χ1n) is 10.9. The summed E-state index contributed by atoms with van der Waals surface area (Å²) in [6.45, 7) is 3.00. The smallest absolute Gasteiger partial charge is 0.282 e. The number of hydrogen-bond acceptors (Lipinski definition) is 3. The van der Waals surface area contributed by atoms with Gasteiger partial charge in [0.2, 0.25) is 5.91 Å². The van der Waals surface area contributed by atoms with Gasteiger partial charge >= 0.3 is 0 Å². The molecule has 1 atom stereocenters. The predicted octanol–water partition coefficient (Wildman–Crippen LogP) is 3.00. The minimum absolute atomic E-state index is 0.0362. The number of carbonyl (C=O) groups is 1. The molecule has 0 aliphatic carbocycles.